The average Bonchev–Trinajstić information content (AvgIpc) is 3.78. The first-order valence-corrected chi connectivity index (χ1v) is 23.4. The Morgan fingerprint density at radius 1 is 0.667 bits per heavy atom. The van der Waals surface area contributed by atoms with Crippen LogP contribution >= 0.6 is 11.3 Å². The van der Waals surface area contributed by atoms with Crippen LogP contribution < -0.4 is 29.1 Å². The fourth-order valence-corrected chi connectivity index (χ4v) is 7.49. The van der Waals surface area contributed by atoms with Crippen LogP contribution in [0.3, 0.4) is 0 Å². The average molecular weight is 954 g/mol. The largest absolute Gasteiger partial charge is 0.494 e. The van der Waals surface area contributed by atoms with E-state index in [-0.39, 0.29) is 29.2 Å². The molecule has 0 unspecified atom stereocenters. The molecule has 0 bridgehead atoms. The summed E-state index contributed by atoms with van der Waals surface area (Å²) < 4.78 is 41.2. The highest BCUT2D eigenvalue weighted by molar-refractivity contribution is 7.22. The number of hydrogen-bond acceptors (Lipinski definition) is 15. The molecule has 6 aromatic rings. The third-order valence-corrected chi connectivity index (χ3v) is 11.2. The summed E-state index contributed by atoms with van der Waals surface area (Å²) in [6.07, 6.45) is 10.7. The van der Waals surface area contributed by atoms with Gasteiger partial charge in [-0.15, -0.1) is 0 Å². The van der Waals surface area contributed by atoms with Crippen LogP contribution in [-0.4, -0.2) is 61.5 Å². The molecule has 1 N–H and O–H groups in total. The Morgan fingerprint density at radius 3 is 1.87 bits per heavy atom. The molecule has 15 heteroatoms. The van der Waals surface area contributed by atoms with Gasteiger partial charge in [-0.05, 0) is 137 Å². The summed E-state index contributed by atoms with van der Waals surface area (Å²) in [4.78, 5) is 53.7. The van der Waals surface area contributed by atoms with E-state index in [1.165, 1.54) is 17.6 Å². The summed E-state index contributed by atoms with van der Waals surface area (Å²) >= 11 is 1.43. The number of fused-ring (bicyclic) bond motifs is 2. The van der Waals surface area contributed by atoms with Crippen molar-refractivity contribution in [3.8, 4) is 28.7 Å². The molecule has 0 saturated heterocycles. The minimum Gasteiger partial charge on any atom is -0.494 e. The number of carbonyl (C=O) groups is 4. The first kappa shape index (κ1) is 50.6. The predicted octanol–water partition coefficient (Wildman–Crippen LogP) is 11.5. The lowest BCUT2D eigenvalue weighted by Gasteiger charge is -2.17. The molecule has 0 fully saturated rings. The van der Waals surface area contributed by atoms with Gasteiger partial charge in [0.1, 0.15) is 35.4 Å². The number of hydrazone groups is 1. The Morgan fingerprint density at radius 2 is 1.26 bits per heavy atom. The molecular formula is C54H55N3O11S. The van der Waals surface area contributed by atoms with Crippen LogP contribution in [-0.2, 0) is 30.5 Å². The number of nitrogens with zero attached hydrogens (tertiary/aromatic N) is 2. The van der Waals surface area contributed by atoms with E-state index in [4.69, 9.17) is 33.2 Å². The first-order chi connectivity index (χ1) is 33.6. The molecule has 0 radical (unpaired) electrons. The van der Waals surface area contributed by atoms with Gasteiger partial charge in [0, 0.05) is 34.1 Å². The number of rotatable bonds is 28. The lowest BCUT2D eigenvalue weighted by atomic mass is 10.0. The van der Waals surface area contributed by atoms with E-state index < -0.39 is 23.9 Å². The van der Waals surface area contributed by atoms with Crippen LogP contribution in [0.2, 0.25) is 0 Å². The molecule has 6 rings (SSSR count). The molecule has 0 amide bonds. The summed E-state index contributed by atoms with van der Waals surface area (Å²) in [6, 6.07) is 28.7. The SMILES string of the molecule is C=CC(=O)OCCCCCCOc1ccc(COc2cc(/C=N/Nc3nc4ccccc4s3)c(OC(=O)c3ccc(OCCCCCCOC(=O)C=C)cc3)c3cc(OC(=O)C(=C)C)ccc23)cc1. The summed E-state index contributed by atoms with van der Waals surface area (Å²) in [7, 11) is 0. The second kappa shape index (κ2) is 26.5. The van der Waals surface area contributed by atoms with Gasteiger partial charge in [0.05, 0.1) is 48.4 Å². The van der Waals surface area contributed by atoms with Gasteiger partial charge in [0.25, 0.3) is 0 Å². The van der Waals surface area contributed by atoms with Gasteiger partial charge < -0.3 is 33.2 Å². The number of hydrogen-bond donors (Lipinski definition) is 1. The van der Waals surface area contributed by atoms with Crippen molar-refractivity contribution >= 4 is 67.5 Å². The smallest absolute Gasteiger partial charge is 0.343 e. The molecule has 0 saturated carbocycles. The van der Waals surface area contributed by atoms with Crippen LogP contribution in [0.25, 0.3) is 21.0 Å². The van der Waals surface area contributed by atoms with E-state index in [9.17, 15) is 19.2 Å². The molecule has 0 spiro atoms. The van der Waals surface area contributed by atoms with Crippen LogP contribution in [0.15, 0.2) is 140 Å². The quantitative estimate of drug-likeness (QED) is 0.0123. The van der Waals surface area contributed by atoms with Crippen molar-refractivity contribution in [1.29, 1.82) is 0 Å². The number of ether oxygens (including phenoxy) is 7. The molecule has 5 aromatic carbocycles. The van der Waals surface area contributed by atoms with Gasteiger partial charge in [-0.25, -0.2) is 24.2 Å². The monoisotopic (exact) mass is 953 g/mol. The van der Waals surface area contributed by atoms with Crippen LogP contribution in [0, 0.1) is 0 Å². The number of benzene rings is 5. The number of nitrogens with one attached hydrogen (secondary N) is 1. The fourth-order valence-electron chi connectivity index (χ4n) is 6.67. The minimum atomic E-state index is -0.652. The molecule has 0 aliphatic carbocycles. The molecule has 69 heavy (non-hydrogen) atoms. The van der Waals surface area contributed by atoms with Gasteiger partial charge >= 0.3 is 23.9 Å². The van der Waals surface area contributed by atoms with Gasteiger partial charge in [-0.1, -0.05) is 55.3 Å². The summed E-state index contributed by atoms with van der Waals surface area (Å²) in [6.45, 7) is 14.0. The number of anilines is 1. The van der Waals surface area contributed by atoms with Crippen LogP contribution in [0.4, 0.5) is 5.13 Å². The number of aromatic nitrogens is 1. The Labute approximate surface area is 405 Å². The topological polar surface area (TPSA) is 170 Å². The van der Waals surface area contributed by atoms with Crippen molar-refractivity contribution in [2.75, 3.05) is 31.9 Å². The molecule has 0 aliphatic heterocycles. The number of para-hydroxylation sites is 1. The lowest BCUT2D eigenvalue weighted by Crippen LogP contribution is -2.11. The van der Waals surface area contributed by atoms with E-state index in [2.05, 4.69) is 35.2 Å². The zero-order valence-electron chi connectivity index (χ0n) is 38.6. The maximum Gasteiger partial charge on any atom is 0.343 e. The zero-order valence-corrected chi connectivity index (χ0v) is 39.4. The number of esters is 4. The molecule has 0 atom stereocenters. The molecule has 14 nitrogen and oxygen atoms in total. The predicted molar refractivity (Wildman–Crippen MR) is 268 cm³/mol. The van der Waals surface area contributed by atoms with E-state index in [0.717, 1.165) is 85.0 Å². The Balaban J connectivity index is 1.19. The van der Waals surface area contributed by atoms with E-state index in [1.807, 2.05) is 48.5 Å². The molecule has 0 aliphatic rings. The van der Waals surface area contributed by atoms with E-state index >= 15 is 0 Å². The lowest BCUT2D eigenvalue weighted by molar-refractivity contribution is -0.138. The zero-order chi connectivity index (χ0) is 48.8. The summed E-state index contributed by atoms with van der Waals surface area (Å²) in [5, 5.41) is 6.05. The van der Waals surface area contributed by atoms with E-state index in [0.29, 0.717) is 59.4 Å². The number of thiazole rings is 1. The summed E-state index contributed by atoms with van der Waals surface area (Å²) in [5.41, 5.74) is 5.55. The van der Waals surface area contributed by atoms with Crippen molar-refractivity contribution in [3.05, 3.63) is 151 Å². The van der Waals surface area contributed by atoms with Gasteiger partial charge in [0.15, 0.2) is 0 Å². The summed E-state index contributed by atoms with van der Waals surface area (Å²) in [5.74, 6) is -0.00675. The molecule has 1 aromatic heterocycles. The molecule has 1 heterocycles. The molecule has 358 valence electrons. The Hall–Kier alpha value is -7.78. The van der Waals surface area contributed by atoms with Gasteiger partial charge in [0.2, 0.25) is 5.13 Å². The van der Waals surface area contributed by atoms with Crippen molar-refractivity contribution in [2.24, 2.45) is 5.10 Å². The highest BCUT2D eigenvalue weighted by Gasteiger charge is 2.20. The number of carbonyl (C=O) groups excluding carboxylic acids is 4. The third-order valence-electron chi connectivity index (χ3n) is 10.3. The van der Waals surface area contributed by atoms with Crippen molar-refractivity contribution in [1.82, 2.24) is 4.98 Å². The van der Waals surface area contributed by atoms with Crippen molar-refractivity contribution < 1.29 is 52.3 Å². The Kier molecular flexibility index (Phi) is 19.5. The second-order valence-electron chi connectivity index (χ2n) is 15.6. The van der Waals surface area contributed by atoms with Gasteiger partial charge in [-0.2, -0.15) is 5.10 Å². The first-order valence-electron chi connectivity index (χ1n) is 22.6. The highest BCUT2D eigenvalue weighted by atomic mass is 32.1. The molecular weight excluding hydrogens is 899 g/mol. The maximum atomic E-state index is 14.0. The van der Waals surface area contributed by atoms with Crippen LogP contribution in [0.1, 0.15) is 79.8 Å². The normalized spacial score (nSPS) is 10.9. The second-order valence-corrected chi connectivity index (χ2v) is 16.7. The Bertz CT molecular complexity index is 2730. The standard InChI is InChI=1S/C54H55N3O11S/c1-5-49(58)64-31-15-9-7-13-29-62-41-23-19-38(20-24-41)36-66-47-33-40(35-55-57-54-56-46-17-11-12-18-48(46)69-54)51(45-34-43(27-28-44(45)47)67-52(60)37(3)4)68-53(61)39-21-25-42(26-22-39)63-30-14-8-10-16-32-65-50(59)6-2/h5-6,11-12,17-28,33-35H,1-3,7-10,13-16,29-32,36H2,4H3,(H,56,57)/b55-35+. The van der Waals surface area contributed by atoms with Crippen molar-refractivity contribution in [3.63, 3.8) is 0 Å². The minimum absolute atomic E-state index is 0.141. The maximum absolute atomic E-state index is 14.0. The van der Waals surface area contributed by atoms with E-state index in [1.54, 1.807) is 55.5 Å². The number of unbranched alkanes of at least 4 members (excludes halogenated alkanes) is 6. The fraction of sp³-hybridized carbons (Fsp3) is 0.259. The third kappa shape index (κ3) is 15.9. The van der Waals surface area contributed by atoms with Crippen molar-refractivity contribution in [2.45, 2.75) is 64.9 Å². The van der Waals surface area contributed by atoms with Crippen LogP contribution in [0.5, 0.6) is 28.7 Å². The van der Waals surface area contributed by atoms with Gasteiger partial charge in [-0.3, -0.25) is 5.43 Å². The highest BCUT2D eigenvalue weighted by Crippen LogP contribution is 2.40.